The van der Waals surface area contributed by atoms with E-state index in [0.29, 0.717) is 15.9 Å². The van der Waals surface area contributed by atoms with Crippen molar-refractivity contribution in [2.75, 3.05) is 5.32 Å². The maximum Gasteiger partial charge on any atom is 0.273 e. The molecule has 0 saturated heterocycles. The van der Waals surface area contributed by atoms with Crippen LogP contribution < -0.4 is 20.1 Å². The molecule has 2 aromatic carbocycles. The summed E-state index contributed by atoms with van der Waals surface area (Å²) in [6.07, 6.45) is 5.00. The quantitative estimate of drug-likeness (QED) is 0.516. The van der Waals surface area contributed by atoms with Crippen LogP contribution in [0.5, 0.6) is 0 Å². The molecule has 162 valence electrons. The molecule has 1 amide bonds. The summed E-state index contributed by atoms with van der Waals surface area (Å²) in [4.78, 5) is 30.5. The van der Waals surface area contributed by atoms with Gasteiger partial charge in [-0.3, -0.25) is 19.1 Å². The Hall–Kier alpha value is -4.28. The first-order valence-electron chi connectivity index (χ1n) is 10.2. The fourth-order valence-electron chi connectivity index (χ4n) is 3.28. The number of thiazole rings is 1. The van der Waals surface area contributed by atoms with Crippen molar-refractivity contribution in [1.82, 2.24) is 9.55 Å². The SMILES string of the molecule is Cc1ccc(NC(=O)/C(C#N)=c2/s/c(=C/c3cccnc3)c(=O)n2-c2ccccc2)cc1C. The molecule has 0 bridgehead atoms. The fraction of sp³-hybridized carbons (Fsp3) is 0.0769. The molecule has 0 aliphatic carbocycles. The number of hydrogen-bond acceptors (Lipinski definition) is 5. The number of nitriles is 1. The number of amides is 1. The Kier molecular flexibility index (Phi) is 6.29. The number of carbonyl (C=O) groups is 1. The Bertz CT molecular complexity index is 1550. The molecule has 4 aromatic rings. The number of anilines is 1. The van der Waals surface area contributed by atoms with Crippen LogP contribution in [-0.4, -0.2) is 15.5 Å². The van der Waals surface area contributed by atoms with Crippen LogP contribution >= 0.6 is 11.3 Å². The predicted octanol–water partition coefficient (Wildman–Crippen LogP) is 3.05. The summed E-state index contributed by atoms with van der Waals surface area (Å²) in [6.45, 7) is 3.94. The second kappa shape index (κ2) is 9.47. The van der Waals surface area contributed by atoms with E-state index in [9.17, 15) is 14.9 Å². The summed E-state index contributed by atoms with van der Waals surface area (Å²) in [5, 5.41) is 12.7. The van der Waals surface area contributed by atoms with Crippen LogP contribution in [0.25, 0.3) is 17.3 Å². The predicted molar refractivity (Wildman–Crippen MR) is 131 cm³/mol. The number of pyridine rings is 1. The summed E-state index contributed by atoms with van der Waals surface area (Å²) in [7, 11) is 0. The molecule has 2 heterocycles. The van der Waals surface area contributed by atoms with Crippen LogP contribution in [0.15, 0.2) is 77.9 Å². The standard InChI is InChI=1S/C26H20N4O2S/c1-17-10-11-20(13-18(17)2)29-24(31)22(15-27)26-30(21-8-4-3-5-9-21)25(32)23(33-26)14-19-7-6-12-28-16-19/h3-14,16H,1-2H3,(H,29,31)/b23-14+,26-22+. The maximum absolute atomic E-state index is 13.3. The van der Waals surface area contributed by atoms with E-state index < -0.39 is 5.91 Å². The van der Waals surface area contributed by atoms with Crippen molar-refractivity contribution in [3.8, 4) is 11.8 Å². The molecule has 0 saturated carbocycles. The smallest absolute Gasteiger partial charge is 0.273 e. The zero-order valence-electron chi connectivity index (χ0n) is 18.1. The molecular formula is C26H20N4O2S. The van der Waals surface area contributed by atoms with E-state index in [2.05, 4.69) is 10.3 Å². The molecule has 7 heteroatoms. The van der Waals surface area contributed by atoms with E-state index in [0.717, 1.165) is 28.0 Å². The highest BCUT2D eigenvalue weighted by Gasteiger charge is 2.17. The van der Waals surface area contributed by atoms with Crippen LogP contribution in [0.4, 0.5) is 5.69 Å². The van der Waals surface area contributed by atoms with Crippen LogP contribution in [0.1, 0.15) is 16.7 Å². The molecule has 1 N–H and O–H groups in total. The Morgan fingerprint density at radius 3 is 2.55 bits per heavy atom. The van der Waals surface area contributed by atoms with Crippen LogP contribution in [0.3, 0.4) is 0 Å². The zero-order chi connectivity index (χ0) is 23.4. The first-order chi connectivity index (χ1) is 16.0. The second-order valence-corrected chi connectivity index (χ2v) is 8.45. The number of para-hydroxylation sites is 1. The number of hydrogen-bond donors (Lipinski definition) is 1. The zero-order valence-corrected chi connectivity index (χ0v) is 18.9. The lowest BCUT2D eigenvalue weighted by Crippen LogP contribution is -2.32. The molecule has 0 aliphatic heterocycles. The van der Waals surface area contributed by atoms with Gasteiger partial charge in [-0.1, -0.05) is 30.3 Å². The molecule has 0 unspecified atom stereocenters. The van der Waals surface area contributed by atoms with Gasteiger partial charge in [0.05, 0.1) is 10.2 Å². The van der Waals surface area contributed by atoms with Gasteiger partial charge < -0.3 is 5.32 Å². The Labute approximate surface area is 194 Å². The highest BCUT2D eigenvalue weighted by Crippen LogP contribution is 2.15. The van der Waals surface area contributed by atoms with Gasteiger partial charge >= 0.3 is 0 Å². The van der Waals surface area contributed by atoms with Gasteiger partial charge in [0.2, 0.25) is 0 Å². The average Bonchev–Trinajstić information content (AvgIpc) is 3.13. The van der Waals surface area contributed by atoms with Gasteiger partial charge in [-0.2, -0.15) is 5.26 Å². The lowest BCUT2D eigenvalue weighted by atomic mass is 10.1. The van der Waals surface area contributed by atoms with Gasteiger partial charge in [-0.05, 0) is 66.9 Å². The normalized spacial score (nSPS) is 12.2. The molecule has 33 heavy (non-hydrogen) atoms. The number of benzene rings is 2. The van der Waals surface area contributed by atoms with Crippen molar-refractivity contribution in [3.05, 3.63) is 109 Å². The first kappa shape index (κ1) is 21.9. The van der Waals surface area contributed by atoms with Crippen LogP contribution in [0.2, 0.25) is 0 Å². The number of aryl methyl sites for hydroxylation is 2. The molecular weight excluding hydrogens is 432 g/mol. The molecule has 0 atom stereocenters. The Balaban J connectivity index is 1.93. The van der Waals surface area contributed by atoms with Gasteiger partial charge in [-0.15, -0.1) is 11.3 Å². The molecule has 0 spiro atoms. The number of nitrogens with one attached hydrogen (secondary N) is 1. The first-order valence-corrected chi connectivity index (χ1v) is 11.0. The number of aromatic nitrogens is 2. The third-order valence-electron chi connectivity index (χ3n) is 5.14. The van der Waals surface area contributed by atoms with Gasteiger partial charge in [0, 0.05) is 18.1 Å². The monoisotopic (exact) mass is 452 g/mol. The van der Waals surface area contributed by atoms with Crippen molar-refractivity contribution in [2.45, 2.75) is 13.8 Å². The van der Waals surface area contributed by atoms with Crippen molar-refractivity contribution in [2.24, 2.45) is 0 Å². The summed E-state index contributed by atoms with van der Waals surface area (Å²) in [5.41, 5.74) is 3.60. The molecule has 0 radical (unpaired) electrons. The molecule has 6 nitrogen and oxygen atoms in total. The lowest BCUT2D eigenvalue weighted by molar-refractivity contribution is -0.111. The minimum Gasteiger partial charge on any atom is -0.321 e. The Morgan fingerprint density at radius 1 is 1.09 bits per heavy atom. The van der Waals surface area contributed by atoms with E-state index >= 15 is 0 Å². The van der Waals surface area contributed by atoms with Crippen LogP contribution in [0, 0.1) is 25.2 Å². The van der Waals surface area contributed by atoms with Gasteiger partial charge in [0.1, 0.15) is 10.7 Å². The maximum atomic E-state index is 13.3. The van der Waals surface area contributed by atoms with Crippen molar-refractivity contribution in [3.63, 3.8) is 0 Å². The van der Waals surface area contributed by atoms with Gasteiger partial charge in [0.25, 0.3) is 11.5 Å². The van der Waals surface area contributed by atoms with E-state index in [1.54, 1.807) is 54.9 Å². The average molecular weight is 453 g/mol. The second-order valence-electron chi connectivity index (χ2n) is 7.42. The van der Waals surface area contributed by atoms with E-state index in [1.807, 2.05) is 44.2 Å². The lowest BCUT2D eigenvalue weighted by Gasteiger charge is -2.07. The van der Waals surface area contributed by atoms with Crippen molar-refractivity contribution in [1.29, 1.82) is 5.26 Å². The highest BCUT2D eigenvalue weighted by molar-refractivity contribution is 7.07. The Morgan fingerprint density at radius 2 is 1.88 bits per heavy atom. The summed E-state index contributed by atoms with van der Waals surface area (Å²) in [6, 6.07) is 20.1. The minimum absolute atomic E-state index is 0.134. The van der Waals surface area contributed by atoms with E-state index in [1.165, 1.54) is 4.57 Å². The number of rotatable bonds is 4. The molecule has 2 aromatic heterocycles. The van der Waals surface area contributed by atoms with E-state index in [4.69, 9.17) is 0 Å². The summed E-state index contributed by atoms with van der Waals surface area (Å²) in [5.74, 6) is -0.570. The third-order valence-corrected chi connectivity index (χ3v) is 6.23. The summed E-state index contributed by atoms with van der Waals surface area (Å²) < 4.78 is 2.07. The fourth-order valence-corrected chi connectivity index (χ4v) is 4.38. The summed E-state index contributed by atoms with van der Waals surface area (Å²) >= 11 is 1.10. The van der Waals surface area contributed by atoms with Crippen molar-refractivity contribution < 1.29 is 4.79 Å². The van der Waals surface area contributed by atoms with Crippen LogP contribution in [-0.2, 0) is 4.79 Å². The molecule has 0 aliphatic rings. The third kappa shape index (κ3) is 4.66. The highest BCUT2D eigenvalue weighted by atomic mass is 32.1. The largest absolute Gasteiger partial charge is 0.321 e. The number of carbonyl (C=O) groups excluding carboxylic acids is 1. The van der Waals surface area contributed by atoms with Crippen molar-refractivity contribution >= 4 is 34.6 Å². The van der Waals surface area contributed by atoms with E-state index in [-0.39, 0.29) is 15.8 Å². The molecule has 0 fully saturated rings. The van der Waals surface area contributed by atoms with Gasteiger partial charge in [-0.25, -0.2) is 0 Å². The topological polar surface area (TPSA) is 87.8 Å². The number of nitrogens with zero attached hydrogens (tertiary/aromatic N) is 3. The minimum atomic E-state index is -0.570. The molecule has 4 rings (SSSR count). The van der Waals surface area contributed by atoms with Gasteiger partial charge in [0.15, 0.2) is 5.57 Å².